The minimum Gasteiger partial charge on any atom is -0.309 e. The van der Waals surface area contributed by atoms with Crippen LogP contribution >= 0.6 is 11.3 Å². The molecule has 2 heterocycles. The van der Waals surface area contributed by atoms with Crippen molar-refractivity contribution < 1.29 is 0 Å². The normalized spacial score (nSPS) is 12.1. The summed E-state index contributed by atoms with van der Waals surface area (Å²) in [5, 5.41) is 18.0. The van der Waals surface area contributed by atoms with Gasteiger partial charge in [-0.25, -0.2) is 0 Å². The minimum absolute atomic E-state index is 1.16. The van der Waals surface area contributed by atoms with Gasteiger partial charge >= 0.3 is 0 Å². The van der Waals surface area contributed by atoms with Crippen LogP contribution in [0.3, 0.4) is 0 Å². The molecule has 0 aliphatic heterocycles. The zero-order chi connectivity index (χ0) is 41.9. The molecule has 64 heavy (non-hydrogen) atoms. The molecule has 0 N–H and O–H groups in total. The van der Waals surface area contributed by atoms with Crippen molar-refractivity contribution in [2.75, 3.05) is 0 Å². The van der Waals surface area contributed by atoms with E-state index in [0.717, 1.165) is 5.69 Å². The van der Waals surface area contributed by atoms with Crippen LogP contribution in [-0.4, -0.2) is 4.57 Å². The van der Waals surface area contributed by atoms with Gasteiger partial charge in [0.05, 0.1) is 11.0 Å². The van der Waals surface area contributed by atoms with Crippen LogP contribution in [0.25, 0.3) is 135 Å². The Kier molecular flexibility index (Phi) is 7.63. The van der Waals surface area contributed by atoms with Crippen molar-refractivity contribution >= 4 is 107 Å². The lowest BCUT2D eigenvalue weighted by Crippen LogP contribution is -1.93. The molecule has 0 spiro atoms. The third kappa shape index (κ3) is 5.18. The molecule has 0 saturated heterocycles. The van der Waals surface area contributed by atoms with Gasteiger partial charge in [-0.05, 0) is 148 Å². The topological polar surface area (TPSA) is 4.93 Å². The second-order valence-corrected chi connectivity index (χ2v) is 18.2. The summed E-state index contributed by atoms with van der Waals surface area (Å²) in [5.74, 6) is 0. The summed E-state index contributed by atoms with van der Waals surface area (Å²) >= 11 is 1.90. The summed E-state index contributed by atoms with van der Waals surface area (Å²) < 4.78 is 5.07. The van der Waals surface area contributed by atoms with Gasteiger partial charge in [0.1, 0.15) is 0 Å². The first kappa shape index (κ1) is 35.5. The summed E-state index contributed by atoms with van der Waals surface area (Å²) in [6.45, 7) is 0. The number of nitrogens with zero attached hydrogens (tertiary/aromatic N) is 1. The lowest BCUT2D eigenvalue weighted by atomic mass is 9.86. The van der Waals surface area contributed by atoms with Crippen LogP contribution in [0, 0.1) is 0 Å². The predicted molar refractivity (Wildman–Crippen MR) is 278 cm³/mol. The standard InChI is InChI=1S/C62H37NS/c1-3-15-38(16-4-1)61-47-23-11-13-25-49(47)62(50-26-14-12-24-48(50)61)41-28-31-58-54(35-41)53-33-39(27-30-57(53)63(58)42-17-5-2-6-18-42)40-29-32-59-55(34-40)56-36-51-45-21-9-7-19-43(45)44-20-8-10-22-46(44)52(51)37-60(56)64-59/h1-37H. The maximum atomic E-state index is 2.46. The Balaban J connectivity index is 0.996. The van der Waals surface area contributed by atoms with E-state index in [9.17, 15) is 0 Å². The van der Waals surface area contributed by atoms with E-state index >= 15 is 0 Å². The highest BCUT2D eigenvalue weighted by molar-refractivity contribution is 7.25. The number of hydrogen-bond acceptors (Lipinski definition) is 1. The summed E-state index contributed by atoms with van der Waals surface area (Å²) in [6.07, 6.45) is 0. The molecule has 1 nitrogen and oxygen atoms in total. The molecule has 296 valence electrons. The molecule has 0 atom stereocenters. The first-order chi connectivity index (χ1) is 31.7. The van der Waals surface area contributed by atoms with Gasteiger partial charge in [-0.1, -0.05) is 164 Å². The van der Waals surface area contributed by atoms with Crippen molar-refractivity contribution in [3.8, 4) is 39.1 Å². The van der Waals surface area contributed by atoms with Crippen molar-refractivity contribution in [3.63, 3.8) is 0 Å². The highest BCUT2D eigenvalue weighted by Gasteiger charge is 2.20. The van der Waals surface area contributed by atoms with E-state index in [1.54, 1.807) is 0 Å². The second-order valence-electron chi connectivity index (χ2n) is 17.1. The molecule has 0 aliphatic carbocycles. The highest BCUT2D eigenvalue weighted by Crippen LogP contribution is 2.47. The monoisotopic (exact) mass is 827 g/mol. The van der Waals surface area contributed by atoms with Crippen LogP contribution in [0.15, 0.2) is 224 Å². The first-order valence-electron chi connectivity index (χ1n) is 22.1. The van der Waals surface area contributed by atoms with Gasteiger partial charge in [-0.15, -0.1) is 11.3 Å². The summed E-state index contributed by atoms with van der Waals surface area (Å²) in [7, 11) is 0. The van der Waals surface area contributed by atoms with E-state index in [1.165, 1.54) is 129 Å². The number of benzene rings is 12. The number of fused-ring (bicyclic) bond motifs is 14. The van der Waals surface area contributed by atoms with E-state index < -0.39 is 0 Å². The van der Waals surface area contributed by atoms with Crippen molar-refractivity contribution in [1.29, 1.82) is 0 Å². The summed E-state index contributed by atoms with van der Waals surface area (Å²) in [6, 6.07) is 83.5. The Morgan fingerprint density at radius 2 is 0.641 bits per heavy atom. The molecule has 14 aromatic rings. The zero-order valence-electron chi connectivity index (χ0n) is 34.7. The predicted octanol–water partition coefficient (Wildman–Crippen LogP) is 17.9. The Morgan fingerprint density at radius 3 is 1.22 bits per heavy atom. The molecule has 0 bridgehead atoms. The first-order valence-corrected chi connectivity index (χ1v) is 22.9. The van der Waals surface area contributed by atoms with Gasteiger partial charge in [0.2, 0.25) is 0 Å². The SMILES string of the molecule is c1ccc(-c2c3ccccc3c(-c3ccc4c(c3)c3cc(-c5ccc6sc7cc8c9ccccc9c9ccccc9c8cc7c6c5)ccc3n4-c3ccccc3)c3ccccc23)cc1. The Morgan fingerprint density at radius 1 is 0.234 bits per heavy atom. The van der Waals surface area contributed by atoms with Crippen LogP contribution in [0.4, 0.5) is 0 Å². The van der Waals surface area contributed by atoms with Crippen molar-refractivity contribution in [2.45, 2.75) is 0 Å². The van der Waals surface area contributed by atoms with E-state index in [4.69, 9.17) is 0 Å². The molecule has 0 amide bonds. The number of aromatic nitrogens is 1. The van der Waals surface area contributed by atoms with Gasteiger partial charge in [0, 0.05) is 36.6 Å². The molecule has 0 unspecified atom stereocenters. The van der Waals surface area contributed by atoms with Gasteiger partial charge < -0.3 is 4.57 Å². The molecule has 0 saturated carbocycles. The molecule has 0 fully saturated rings. The minimum atomic E-state index is 1.16. The van der Waals surface area contributed by atoms with Crippen LogP contribution in [0.5, 0.6) is 0 Å². The van der Waals surface area contributed by atoms with Gasteiger partial charge in [-0.2, -0.15) is 0 Å². The number of thiophene rings is 1. The molecule has 12 aromatic carbocycles. The molecule has 0 radical (unpaired) electrons. The Bertz CT molecular complexity index is 4170. The number of hydrogen-bond donors (Lipinski definition) is 0. The highest BCUT2D eigenvalue weighted by atomic mass is 32.1. The van der Waals surface area contributed by atoms with E-state index in [0.29, 0.717) is 0 Å². The van der Waals surface area contributed by atoms with Crippen LogP contribution in [-0.2, 0) is 0 Å². The van der Waals surface area contributed by atoms with Crippen molar-refractivity contribution in [1.82, 2.24) is 4.57 Å². The molecule has 0 aliphatic rings. The lowest BCUT2D eigenvalue weighted by molar-refractivity contribution is 1.18. The van der Waals surface area contributed by atoms with Crippen LogP contribution in [0.1, 0.15) is 0 Å². The molecule has 2 heteroatoms. The third-order valence-corrected chi connectivity index (χ3v) is 14.9. The van der Waals surface area contributed by atoms with Gasteiger partial charge in [-0.3, -0.25) is 0 Å². The Labute approximate surface area is 373 Å². The molecule has 14 rings (SSSR count). The van der Waals surface area contributed by atoms with Crippen LogP contribution < -0.4 is 0 Å². The Hall–Kier alpha value is -8.04. The van der Waals surface area contributed by atoms with Gasteiger partial charge in [0.15, 0.2) is 0 Å². The average molecular weight is 828 g/mol. The molecular weight excluding hydrogens is 791 g/mol. The van der Waals surface area contributed by atoms with Crippen molar-refractivity contribution in [2.24, 2.45) is 0 Å². The second kappa shape index (κ2) is 13.7. The number of rotatable bonds is 4. The van der Waals surface area contributed by atoms with Gasteiger partial charge in [0.25, 0.3) is 0 Å². The maximum absolute atomic E-state index is 2.46. The quantitative estimate of drug-likeness (QED) is 0.123. The maximum Gasteiger partial charge on any atom is 0.0541 e. The van der Waals surface area contributed by atoms with E-state index in [1.807, 2.05) is 11.3 Å². The fourth-order valence-corrected chi connectivity index (χ4v) is 12.0. The average Bonchev–Trinajstić information content (AvgIpc) is 3.89. The third-order valence-electron chi connectivity index (χ3n) is 13.7. The number of para-hydroxylation sites is 1. The summed E-state index contributed by atoms with van der Waals surface area (Å²) in [4.78, 5) is 0. The molecular formula is C62H37NS. The fraction of sp³-hybridized carbons (Fsp3) is 0. The molecule has 2 aromatic heterocycles. The van der Waals surface area contributed by atoms with E-state index in [-0.39, 0.29) is 0 Å². The lowest BCUT2D eigenvalue weighted by Gasteiger charge is -2.18. The summed E-state index contributed by atoms with van der Waals surface area (Å²) in [5.41, 5.74) is 11.0. The largest absolute Gasteiger partial charge is 0.309 e. The van der Waals surface area contributed by atoms with E-state index in [2.05, 4.69) is 229 Å². The fourth-order valence-electron chi connectivity index (χ4n) is 10.9. The van der Waals surface area contributed by atoms with Crippen molar-refractivity contribution in [3.05, 3.63) is 224 Å². The zero-order valence-corrected chi connectivity index (χ0v) is 35.5. The van der Waals surface area contributed by atoms with Crippen LogP contribution in [0.2, 0.25) is 0 Å². The smallest absolute Gasteiger partial charge is 0.0541 e.